The summed E-state index contributed by atoms with van der Waals surface area (Å²) >= 11 is 0. The first kappa shape index (κ1) is 13.2. The number of para-hydroxylation sites is 1. The summed E-state index contributed by atoms with van der Waals surface area (Å²) in [7, 11) is 0. The maximum Gasteiger partial charge on any atom is 0.0705 e. The van der Waals surface area contributed by atoms with Gasteiger partial charge in [0.05, 0.1) is 5.69 Å². The molecule has 0 atom stereocenters. The van der Waals surface area contributed by atoms with Gasteiger partial charge in [0.1, 0.15) is 0 Å². The van der Waals surface area contributed by atoms with Gasteiger partial charge in [0, 0.05) is 11.3 Å². The van der Waals surface area contributed by atoms with E-state index in [0.717, 1.165) is 12.1 Å². The zero-order chi connectivity index (χ0) is 12.6. The molecule has 1 aliphatic rings. The minimum absolute atomic E-state index is 1.14. The van der Waals surface area contributed by atoms with Crippen LogP contribution in [0.2, 0.25) is 0 Å². The molecule has 0 bridgehead atoms. The first-order valence-corrected chi connectivity index (χ1v) is 7.41. The van der Waals surface area contributed by atoms with Gasteiger partial charge < -0.3 is 0 Å². The number of hydrogen-bond donors (Lipinski definition) is 0. The van der Waals surface area contributed by atoms with E-state index in [0.29, 0.717) is 0 Å². The molecule has 1 aromatic rings. The molecule has 0 saturated carbocycles. The van der Waals surface area contributed by atoms with Crippen molar-refractivity contribution < 1.29 is 0 Å². The van der Waals surface area contributed by atoms with Crippen LogP contribution in [0.15, 0.2) is 30.0 Å². The average Bonchev–Trinajstić information content (AvgIpc) is 2.80. The third-order valence-electron chi connectivity index (χ3n) is 3.56. The van der Waals surface area contributed by atoms with Crippen molar-refractivity contribution in [3.05, 3.63) is 35.5 Å². The lowest BCUT2D eigenvalue weighted by atomic mass is 10.1. The molecule has 0 aromatic heterocycles. The first-order chi connectivity index (χ1) is 8.90. The van der Waals surface area contributed by atoms with Crippen LogP contribution in [0.4, 0.5) is 5.69 Å². The fourth-order valence-electron chi connectivity index (χ4n) is 2.47. The van der Waals surface area contributed by atoms with E-state index in [1.807, 2.05) is 0 Å². The van der Waals surface area contributed by atoms with Gasteiger partial charge in [-0.15, -0.1) is 0 Å². The van der Waals surface area contributed by atoms with Gasteiger partial charge >= 0.3 is 0 Å². The summed E-state index contributed by atoms with van der Waals surface area (Å²) in [5.74, 6) is 0. The summed E-state index contributed by atoms with van der Waals surface area (Å²) in [5.41, 5.74) is 3.70. The van der Waals surface area contributed by atoms with Crippen LogP contribution in [0.25, 0.3) is 6.08 Å². The molecule has 0 fully saturated rings. The van der Waals surface area contributed by atoms with Crippen LogP contribution in [-0.4, -0.2) is 0 Å². The van der Waals surface area contributed by atoms with Crippen LogP contribution in [0.1, 0.15) is 63.9 Å². The third kappa shape index (κ3) is 3.90. The summed E-state index contributed by atoms with van der Waals surface area (Å²) in [6.07, 6.45) is 13.0. The highest BCUT2D eigenvalue weighted by Gasteiger charge is 2.11. The topological polar surface area (TPSA) is 14.1 Å². The van der Waals surface area contributed by atoms with Gasteiger partial charge in [-0.05, 0) is 25.0 Å². The number of hydrogen-bond acceptors (Lipinski definition) is 0. The molecule has 1 heteroatoms. The standard InChI is InChI=1S/C17H24N/c1-2-3-4-5-6-7-8-12-16-14-15-11-9-10-13-17(15)18-16/h9-11,13-14H,2-8,12H2,1H3. The second kappa shape index (κ2) is 7.25. The molecule has 0 N–H and O–H groups in total. The van der Waals surface area contributed by atoms with Gasteiger partial charge in [0.15, 0.2) is 0 Å². The van der Waals surface area contributed by atoms with E-state index >= 15 is 0 Å². The van der Waals surface area contributed by atoms with E-state index < -0.39 is 0 Å². The van der Waals surface area contributed by atoms with E-state index in [-0.39, 0.29) is 0 Å². The van der Waals surface area contributed by atoms with Gasteiger partial charge in [-0.3, -0.25) is 5.32 Å². The number of nitrogens with zero attached hydrogens (tertiary/aromatic N) is 1. The van der Waals surface area contributed by atoms with Gasteiger partial charge in [-0.2, -0.15) is 0 Å². The largest absolute Gasteiger partial charge is 0.253 e. The van der Waals surface area contributed by atoms with Crippen molar-refractivity contribution in [3.8, 4) is 0 Å². The Morgan fingerprint density at radius 3 is 2.39 bits per heavy atom. The molecular weight excluding hydrogens is 218 g/mol. The summed E-state index contributed by atoms with van der Waals surface area (Å²) < 4.78 is 0. The molecule has 1 aromatic carbocycles. The van der Waals surface area contributed by atoms with Crippen LogP contribution in [0.5, 0.6) is 0 Å². The molecule has 1 aliphatic heterocycles. The monoisotopic (exact) mass is 242 g/mol. The van der Waals surface area contributed by atoms with Crippen molar-refractivity contribution in [1.82, 2.24) is 5.32 Å². The minimum atomic E-state index is 1.14. The molecular formula is C17H24N. The number of benzene rings is 1. The molecule has 0 saturated heterocycles. The molecule has 1 heterocycles. The normalized spacial score (nSPS) is 13.1. The number of fused-ring (bicyclic) bond motifs is 1. The summed E-state index contributed by atoms with van der Waals surface area (Å²) in [6, 6.07) is 8.40. The SMILES string of the molecule is CCCCCCCCCC1=Cc2ccccc2[N]1. The van der Waals surface area contributed by atoms with E-state index in [1.54, 1.807) is 0 Å². The highest BCUT2D eigenvalue weighted by molar-refractivity contribution is 5.71. The fraction of sp³-hybridized carbons (Fsp3) is 0.529. The first-order valence-electron chi connectivity index (χ1n) is 7.41. The van der Waals surface area contributed by atoms with Crippen molar-refractivity contribution in [3.63, 3.8) is 0 Å². The van der Waals surface area contributed by atoms with Crippen molar-refractivity contribution in [2.75, 3.05) is 0 Å². The van der Waals surface area contributed by atoms with Gasteiger partial charge in [-0.1, -0.05) is 63.6 Å². The number of rotatable bonds is 8. The molecule has 1 nitrogen and oxygen atoms in total. The van der Waals surface area contributed by atoms with Crippen LogP contribution >= 0.6 is 0 Å². The highest BCUT2D eigenvalue weighted by Crippen LogP contribution is 2.29. The number of unbranched alkanes of at least 4 members (excludes halogenated alkanes) is 6. The molecule has 0 spiro atoms. The summed E-state index contributed by atoms with van der Waals surface area (Å²) in [5, 5.41) is 4.66. The van der Waals surface area contributed by atoms with Crippen LogP contribution in [0, 0.1) is 0 Å². The van der Waals surface area contributed by atoms with Gasteiger partial charge in [0.2, 0.25) is 0 Å². The van der Waals surface area contributed by atoms with Crippen LogP contribution in [-0.2, 0) is 0 Å². The maximum absolute atomic E-state index is 4.66. The summed E-state index contributed by atoms with van der Waals surface area (Å²) in [4.78, 5) is 0. The molecule has 18 heavy (non-hydrogen) atoms. The lowest BCUT2D eigenvalue weighted by molar-refractivity contribution is 0.586. The maximum atomic E-state index is 4.66. The Morgan fingerprint density at radius 1 is 0.889 bits per heavy atom. The second-order valence-electron chi connectivity index (χ2n) is 5.18. The minimum Gasteiger partial charge on any atom is -0.253 e. The third-order valence-corrected chi connectivity index (χ3v) is 3.56. The van der Waals surface area contributed by atoms with Crippen molar-refractivity contribution >= 4 is 11.8 Å². The smallest absolute Gasteiger partial charge is 0.0705 e. The Bertz CT molecular complexity index is 392. The molecule has 0 unspecified atom stereocenters. The Morgan fingerprint density at radius 2 is 1.61 bits per heavy atom. The van der Waals surface area contributed by atoms with Gasteiger partial charge in [0.25, 0.3) is 0 Å². The predicted octanol–water partition coefficient (Wildman–Crippen LogP) is 5.42. The molecule has 1 radical (unpaired) electrons. The predicted molar refractivity (Wildman–Crippen MR) is 78.8 cm³/mol. The second-order valence-corrected chi connectivity index (χ2v) is 5.18. The van der Waals surface area contributed by atoms with Crippen LogP contribution < -0.4 is 5.32 Å². The molecule has 0 aliphatic carbocycles. The lowest BCUT2D eigenvalue weighted by Crippen LogP contribution is -1.92. The van der Waals surface area contributed by atoms with Gasteiger partial charge in [-0.25, -0.2) is 0 Å². The fourth-order valence-corrected chi connectivity index (χ4v) is 2.47. The quantitative estimate of drug-likeness (QED) is 0.541. The zero-order valence-electron chi connectivity index (χ0n) is 11.5. The number of allylic oxidation sites excluding steroid dienone is 1. The van der Waals surface area contributed by atoms with Crippen LogP contribution in [0.3, 0.4) is 0 Å². The zero-order valence-corrected chi connectivity index (χ0v) is 11.5. The van der Waals surface area contributed by atoms with Crippen molar-refractivity contribution in [2.24, 2.45) is 0 Å². The van der Waals surface area contributed by atoms with E-state index in [2.05, 4.69) is 42.6 Å². The Kier molecular flexibility index (Phi) is 5.32. The molecule has 2 rings (SSSR count). The Balaban J connectivity index is 1.59. The van der Waals surface area contributed by atoms with E-state index in [9.17, 15) is 0 Å². The van der Waals surface area contributed by atoms with Crippen molar-refractivity contribution in [2.45, 2.75) is 58.3 Å². The highest BCUT2D eigenvalue weighted by atomic mass is 14.9. The Hall–Kier alpha value is -1.24. The van der Waals surface area contributed by atoms with E-state index in [4.69, 9.17) is 0 Å². The summed E-state index contributed by atoms with van der Waals surface area (Å²) in [6.45, 7) is 2.27. The van der Waals surface area contributed by atoms with E-state index in [1.165, 1.54) is 56.2 Å². The lowest BCUT2D eigenvalue weighted by Gasteiger charge is -2.03. The Labute approximate surface area is 111 Å². The van der Waals surface area contributed by atoms with Crippen molar-refractivity contribution in [1.29, 1.82) is 0 Å². The molecule has 0 amide bonds. The average molecular weight is 242 g/mol. The molecule has 97 valence electrons.